The minimum Gasteiger partial charge on any atom is -0.480 e. The number of hydrogen-bond donors (Lipinski definition) is 3. The number of amides is 2. The van der Waals surface area contributed by atoms with Crippen molar-refractivity contribution in [2.75, 3.05) is 13.2 Å². The fourth-order valence-corrected chi connectivity index (χ4v) is 3.67. The van der Waals surface area contributed by atoms with Gasteiger partial charge in [-0.1, -0.05) is 12.1 Å². The highest BCUT2D eigenvalue weighted by atomic mass is 16.6. The Kier molecular flexibility index (Phi) is 8.24. The topological polar surface area (TPSA) is 176 Å². The number of non-ortho nitro benzene ring substituents is 1. The lowest BCUT2D eigenvalue weighted by Gasteiger charge is -2.28. The summed E-state index contributed by atoms with van der Waals surface area (Å²) >= 11 is 0. The van der Waals surface area contributed by atoms with Gasteiger partial charge in [-0.3, -0.25) is 24.5 Å². The molecule has 1 fully saturated rings. The molecular weight excluding hydrogens is 426 g/mol. The summed E-state index contributed by atoms with van der Waals surface area (Å²) in [6, 6.07) is 2.29. The molecule has 174 valence electrons. The van der Waals surface area contributed by atoms with Crippen molar-refractivity contribution in [3.8, 4) is 0 Å². The Morgan fingerprint density at radius 1 is 1.28 bits per heavy atom. The van der Waals surface area contributed by atoms with Crippen LogP contribution in [0, 0.1) is 10.1 Å². The van der Waals surface area contributed by atoms with Gasteiger partial charge in [-0.2, -0.15) is 0 Å². The number of esters is 1. The number of carbonyl (C=O) groups excluding carboxylic acids is 3. The number of benzene rings is 1. The van der Waals surface area contributed by atoms with Crippen molar-refractivity contribution >= 4 is 29.4 Å². The number of ether oxygens (including phenoxy) is 1. The Hall–Kier alpha value is -3.54. The van der Waals surface area contributed by atoms with Crippen LogP contribution in [0.3, 0.4) is 0 Å². The van der Waals surface area contributed by atoms with Crippen LogP contribution < -0.4 is 5.32 Å². The number of rotatable bonds is 9. The van der Waals surface area contributed by atoms with Crippen molar-refractivity contribution in [1.82, 2.24) is 10.2 Å². The summed E-state index contributed by atoms with van der Waals surface area (Å²) in [5.74, 6) is -4.50. The summed E-state index contributed by atoms with van der Waals surface area (Å²) in [7, 11) is 0. The second-order valence-electron chi connectivity index (χ2n) is 7.37. The van der Waals surface area contributed by atoms with Crippen LogP contribution >= 0.6 is 0 Å². The quantitative estimate of drug-likeness (QED) is 0.268. The van der Waals surface area contributed by atoms with Crippen LogP contribution in [0.4, 0.5) is 5.69 Å². The predicted molar refractivity (Wildman–Crippen MR) is 108 cm³/mol. The van der Waals surface area contributed by atoms with Crippen LogP contribution in [0.5, 0.6) is 0 Å². The van der Waals surface area contributed by atoms with E-state index in [4.69, 9.17) is 4.74 Å². The standard InChI is InChI=1S/C20H25N3O9/c1-3-32-17(26)9-15(12-4-6-13(7-5-12)23(30)31)18(20(28)29)21-19(27)16-8-14(25)10-22(16)11(2)24/h4-7,14-16,18,25H,3,8-10H2,1-2H3,(H,21,27)(H,28,29)/t14-,15+,16+,18-/m1/s1. The summed E-state index contributed by atoms with van der Waals surface area (Å²) in [5.41, 5.74) is 0.0443. The zero-order valence-electron chi connectivity index (χ0n) is 17.6. The number of nitrogens with zero attached hydrogens (tertiary/aromatic N) is 2. The number of likely N-dealkylation sites (tertiary alicyclic amines) is 1. The molecule has 32 heavy (non-hydrogen) atoms. The smallest absolute Gasteiger partial charge is 0.326 e. The highest BCUT2D eigenvalue weighted by Gasteiger charge is 2.41. The number of nitrogens with one attached hydrogen (secondary N) is 1. The molecule has 1 saturated heterocycles. The number of carboxylic acid groups (broad SMARTS) is 1. The van der Waals surface area contributed by atoms with Crippen molar-refractivity contribution in [1.29, 1.82) is 0 Å². The van der Waals surface area contributed by atoms with Gasteiger partial charge in [0.25, 0.3) is 5.69 Å². The molecule has 1 heterocycles. The summed E-state index contributed by atoms with van der Waals surface area (Å²) in [6.07, 6.45) is -1.40. The van der Waals surface area contributed by atoms with Gasteiger partial charge < -0.3 is 25.2 Å². The van der Waals surface area contributed by atoms with E-state index in [1.807, 2.05) is 0 Å². The van der Waals surface area contributed by atoms with E-state index in [9.17, 15) is 39.5 Å². The maximum Gasteiger partial charge on any atom is 0.326 e. The Bertz CT molecular complexity index is 887. The average molecular weight is 451 g/mol. The minimum atomic E-state index is -1.60. The molecule has 0 bridgehead atoms. The predicted octanol–water partition coefficient (Wildman–Crippen LogP) is 0.183. The van der Waals surface area contributed by atoms with Gasteiger partial charge in [-0.25, -0.2) is 4.79 Å². The summed E-state index contributed by atoms with van der Waals surface area (Å²) in [5, 5.41) is 32.9. The van der Waals surface area contributed by atoms with E-state index in [1.54, 1.807) is 6.92 Å². The van der Waals surface area contributed by atoms with Gasteiger partial charge in [0.15, 0.2) is 0 Å². The molecule has 1 aliphatic heterocycles. The van der Waals surface area contributed by atoms with Gasteiger partial charge in [0, 0.05) is 37.9 Å². The fourth-order valence-electron chi connectivity index (χ4n) is 3.67. The molecule has 0 unspecified atom stereocenters. The highest BCUT2D eigenvalue weighted by Crippen LogP contribution is 2.28. The number of carboxylic acids is 1. The SMILES string of the molecule is CCOC(=O)C[C@@H](c1ccc([N+](=O)[O-])cc1)[C@@H](NC(=O)[C@@H]1C[C@@H](O)CN1C(C)=O)C(=O)O. The van der Waals surface area contributed by atoms with Gasteiger partial charge in [0.1, 0.15) is 12.1 Å². The van der Waals surface area contributed by atoms with Crippen molar-refractivity contribution in [2.24, 2.45) is 0 Å². The molecular formula is C20H25N3O9. The molecule has 0 radical (unpaired) electrons. The van der Waals surface area contributed by atoms with Gasteiger partial charge in [0.2, 0.25) is 11.8 Å². The Balaban J connectivity index is 2.35. The molecule has 3 N–H and O–H groups in total. The normalized spacial score (nSPS) is 19.7. The largest absolute Gasteiger partial charge is 0.480 e. The number of nitro groups is 1. The molecule has 0 saturated carbocycles. The molecule has 0 aliphatic carbocycles. The van der Waals surface area contributed by atoms with E-state index >= 15 is 0 Å². The van der Waals surface area contributed by atoms with Crippen LogP contribution in [0.1, 0.15) is 38.2 Å². The maximum atomic E-state index is 12.8. The third-order valence-electron chi connectivity index (χ3n) is 5.18. The van der Waals surface area contributed by atoms with Gasteiger partial charge in [-0.05, 0) is 12.5 Å². The fraction of sp³-hybridized carbons (Fsp3) is 0.500. The Labute approximate surface area is 183 Å². The first-order valence-corrected chi connectivity index (χ1v) is 9.93. The van der Waals surface area contributed by atoms with E-state index in [0.717, 1.165) is 4.90 Å². The molecule has 0 spiro atoms. The second kappa shape index (κ2) is 10.7. The van der Waals surface area contributed by atoms with Crippen molar-refractivity contribution in [2.45, 2.75) is 50.8 Å². The number of aliphatic hydroxyl groups is 1. The Morgan fingerprint density at radius 3 is 2.41 bits per heavy atom. The Morgan fingerprint density at radius 2 is 1.91 bits per heavy atom. The molecule has 1 aromatic carbocycles. The number of β-amino-alcohol motifs (C(OH)–C–C–N with tert-alkyl or cyclic N) is 1. The molecule has 1 aliphatic rings. The number of carbonyl (C=O) groups is 4. The van der Waals surface area contributed by atoms with Crippen LogP contribution in [0.25, 0.3) is 0 Å². The number of aliphatic hydroxyl groups excluding tert-OH is 1. The first kappa shape index (κ1) is 24.7. The lowest BCUT2D eigenvalue weighted by atomic mass is 9.88. The summed E-state index contributed by atoms with van der Waals surface area (Å²) in [4.78, 5) is 60.2. The summed E-state index contributed by atoms with van der Waals surface area (Å²) < 4.78 is 4.91. The van der Waals surface area contributed by atoms with E-state index < -0.39 is 59.2 Å². The molecule has 12 nitrogen and oxygen atoms in total. The molecule has 4 atom stereocenters. The number of aliphatic carboxylic acids is 1. The first-order chi connectivity index (χ1) is 15.0. The third-order valence-corrected chi connectivity index (χ3v) is 5.18. The van der Waals surface area contributed by atoms with Crippen LogP contribution in [-0.2, 0) is 23.9 Å². The molecule has 2 amide bonds. The highest BCUT2D eigenvalue weighted by molar-refractivity contribution is 5.91. The minimum absolute atomic E-state index is 0.0558. The van der Waals surface area contributed by atoms with E-state index in [2.05, 4.69) is 5.32 Å². The van der Waals surface area contributed by atoms with Crippen LogP contribution in [-0.4, -0.2) is 75.1 Å². The molecule has 12 heteroatoms. The molecule has 0 aromatic heterocycles. The number of hydrogen-bond acceptors (Lipinski definition) is 8. The zero-order chi connectivity index (χ0) is 24.0. The zero-order valence-corrected chi connectivity index (χ0v) is 17.6. The van der Waals surface area contributed by atoms with Gasteiger partial charge in [0.05, 0.1) is 24.1 Å². The molecule has 1 aromatic rings. The lowest BCUT2D eigenvalue weighted by molar-refractivity contribution is -0.384. The maximum absolute atomic E-state index is 12.8. The summed E-state index contributed by atoms with van der Waals surface area (Å²) in [6.45, 7) is 2.81. The lowest BCUT2D eigenvalue weighted by Crippen LogP contribution is -2.52. The van der Waals surface area contributed by atoms with E-state index in [1.165, 1.54) is 31.2 Å². The van der Waals surface area contributed by atoms with Crippen LogP contribution in [0.15, 0.2) is 24.3 Å². The van der Waals surface area contributed by atoms with Crippen molar-refractivity contribution in [3.05, 3.63) is 39.9 Å². The van der Waals surface area contributed by atoms with E-state index in [0.29, 0.717) is 0 Å². The second-order valence-corrected chi connectivity index (χ2v) is 7.37. The van der Waals surface area contributed by atoms with Gasteiger partial charge in [-0.15, -0.1) is 0 Å². The number of nitro benzene ring substituents is 1. The monoisotopic (exact) mass is 451 g/mol. The average Bonchev–Trinajstić information content (AvgIpc) is 3.12. The van der Waals surface area contributed by atoms with Crippen molar-refractivity contribution < 1.29 is 39.1 Å². The van der Waals surface area contributed by atoms with E-state index in [-0.39, 0.29) is 30.8 Å². The molecule has 2 rings (SSSR count). The third kappa shape index (κ3) is 6.00. The van der Waals surface area contributed by atoms with Gasteiger partial charge >= 0.3 is 11.9 Å². The van der Waals surface area contributed by atoms with Crippen molar-refractivity contribution in [3.63, 3.8) is 0 Å². The first-order valence-electron chi connectivity index (χ1n) is 9.93. The van der Waals surface area contributed by atoms with Crippen LogP contribution in [0.2, 0.25) is 0 Å².